The van der Waals surface area contributed by atoms with Crippen LogP contribution in [0, 0.1) is 0 Å². The van der Waals surface area contributed by atoms with Gasteiger partial charge in [0.05, 0.1) is 12.8 Å². The lowest BCUT2D eigenvalue weighted by Gasteiger charge is -2.05. The van der Waals surface area contributed by atoms with Gasteiger partial charge in [0.1, 0.15) is 5.76 Å². The van der Waals surface area contributed by atoms with Crippen LogP contribution in [0.5, 0.6) is 0 Å². The largest absolute Gasteiger partial charge is 0.467 e. The molecule has 0 atom stereocenters. The fourth-order valence-corrected chi connectivity index (χ4v) is 2.14. The van der Waals surface area contributed by atoms with Crippen LogP contribution in [-0.2, 0) is 11.3 Å². The molecule has 0 saturated carbocycles. The van der Waals surface area contributed by atoms with E-state index in [1.165, 1.54) is 42.7 Å². The van der Waals surface area contributed by atoms with Gasteiger partial charge >= 0.3 is 5.51 Å². The molecular formula is C15H12F3NO2S. The highest BCUT2D eigenvalue weighted by atomic mass is 32.2. The van der Waals surface area contributed by atoms with Gasteiger partial charge in [0, 0.05) is 11.0 Å². The second-order valence-electron chi connectivity index (χ2n) is 4.25. The van der Waals surface area contributed by atoms with Crippen molar-refractivity contribution in [2.24, 2.45) is 0 Å². The van der Waals surface area contributed by atoms with Crippen molar-refractivity contribution in [3.63, 3.8) is 0 Å². The van der Waals surface area contributed by atoms with Gasteiger partial charge in [-0.3, -0.25) is 4.79 Å². The Morgan fingerprint density at radius 2 is 1.95 bits per heavy atom. The topological polar surface area (TPSA) is 42.2 Å². The zero-order chi connectivity index (χ0) is 16.0. The second-order valence-corrected chi connectivity index (χ2v) is 5.39. The van der Waals surface area contributed by atoms with Crippen LogP contribution in [0.4, 0.5) is 13.2 Å². The Balaban J connectivity index is 1.85. The van der Waals surface area contributed by atoms with Crippen LogP contribution in [0.2, 0.25) is 0 Å². The van der Waals surface area contributed by atoms with Crippen molar-refractivity contribution in [3.8, 4) is 0 Å². The highest BCUT2D eigenvalue weighted by Crippen LogP contribution is 2.36. The third-order valence-electron chi connectivity index (χ3n) is 2.56. The summed E-state index contributed by atoms with van der Waals surface area (Å²) >= 11 is -0.173. The number of carbonyl (C=O) groups is 1. The van der Waals surface area contributed by atoms with E-state index in [-0.39, 0.29) is 29.1 Å². The van der Waals surface area contributed by atoms with Crippen molar-refractivity contribution in [1.29, 1.82) is 0 Å². The number of furan rings is 1. The standard InChI is InChI=1S/C15H12F3NO2S/c16-15(17,18)22-13-6-3-11(4-7-13)5-8-14(20)19-10-12-2-1-9-21-12/h1-9H,10H2,(H,19,20)/b8-5+. The average Bonchev–Trinajstić information content (AvgIpc) is 2.96. The van der Waals surface area contributed by atoms with Gasteiger partial charge in [0.2, 0.25) is 5.91 Å². The molecule has 2 rings (SSSR count). The van der Waals surface area contributed by atoms with Gasteiger partial charge in [-0.2, -0.15) is 13.2 Å². The number of carbonyl (C=O) groups excluding carboxylic acids is 1. The van der Waals surface area contributed by atoms with Gasteiger partial charge in [0.15, 0.2) is 0 Å². The Bertz CT molecular complexity index is 634. The minimum atomic E-state index is -4.30. The first-order chi connectivity index (χ1) is 10.4. The molecule has 1 heterocycles. The van der Waals surface area contributed by atoms with E-state index in [4.69, 9.17) is 4.42 Å². The van der Waals surface area contributed by atoms with Crippen molar-refractivity contribution in [2.75, 3.05) is 0 Å². The Labute approximate surface area is 129 Å². The Morgan fingerprint density at radius 3 is 2.55 bits per heavy atom. The highest BCUT2D eigenvalue weighted by Gasteiger charge is 2.28. The molecule has 0 radical (unpaired) electrons. The number of hydrogen-bond acceptors (Lipinski definition) is 3. The first-order valence-corrected chi connectivity index (χ1v) is 7.08. The zero-order valence-corrected chi connectivity index (χ0v) is 12.1. The fraction of sp³-hybridized carbons (Fsp3) is 0.133. The van der Waals surface area contributed by atoms with E-state index in [0.717, 1.165) is 0 Å². The number of amides is 1. The molecule has 0 saturated heterocycles. The van der Waals surface area contributed by atoms with E-state index in [0.29, 0.717) is 11.3 Å². The molecule has 0 aliphatic carbocycles. The summed E-state index contributed by atoms with van der Waals surface area (Å²) in [4.78, 5) is 11.7. The van der Waals surface area contributed by atoms with E-state index < -0.39 is 5.51 Å². The maximum atomic E-state index is 12.2. The fourth-order valence-electron chi connectivity index (χ4n) is 1.60. The van der Waals surface area contributed by atoms with Gasteiger partial charge in [0.25, 0.3) is 0 Å². The summed E-state index contributed by atoms with van der Waals surface area (Å²) in [6.07, 6.45) is 4.35. The molecule has 0 spiro atoms. The lowest BCUT2D eigenvalue weighted by Crippen LogP contribution is -2.19. The molecule has 116 valence electrons. The van der Waals surface area contributed by atoms with Gasteiger partial charge in [-0.1, -0.05) is 12.1 Å². The molecule has 1 N–H and O–H groups in total. The first-order valence-electron chi connectivity index (χ1n) is 6.26. The van der Waals surface area contributed by atoms with Gasteiger partial charge in [-0.15, -0.1) is 0 Å². The molecule has 0 aliphatic heterocycles. The summed E-state index contributed by atoms with van der Waals surface area (Å²) < 4.78 is 41.6. The highest BCUT2D eigenvalue weighted by molar-refractivity contribution is 8.00. The molecule has 0 unspecified atom stereocenters. The number of nitrogens with one attached hydrogen (secondary N) is 1. The van der Waals surface area contributed by atoms with Gasteiger partial charge in [-0.05, 0) is 47.7 Å². The number of rotatable bonds is 5. The summed E-state index contributed by atoms with van der Waals surface area (Å²) in [5.41, 5.74) is -3.66. The molecule has 1 amide bonds. The van der Waals surface area contributed by atoms with Crippen LogP contribution in [0.1, 0.15) is 11.3 Å². The van der Waals surface area contributed by atoms with Crippen LogP contribution >= 0.6 is 11.8 Å². The van der Waals surface area contributed by atoms with Crippen molar-refractivity contribution < 1.29 is 22.4 Å². The SMILES string of the molecule is O=C(/C=C/c1ccc(SC(F)(F)F)cc1)NCc1ccco1. The average molecular weight is 327 g/mol. The third kappa shape index (κ3) is 5.69. The van der Waals surface area contributed by atoms with Crippen LogP contribution < -0.4 is 5.32 Å². The molecular weight excluding hydrogens is 315 g/mol. The Kier molecular flexibility index (Phi) is 5.32. The summed E-state index contributed by atoms with van der Waals surface area (Å²) in [6, 6.07) is 9.21. The summed E-state index contributed by atoms with van der Waals surface area (Å²) in [5, 5.41) is 2.63. The molecule has 1 aromatic carbocycles. The Hall–Kier alpha value is -2.15. The van der Waals surface area contributed by atoms with E-state index in [1.807, 2.05) is 0 Å². The van der Waals surface area contributed by atoms with E-state index in [2.05, 4.69) is 5.32 Å². The van der Waals surface area contributed by atoms with Crippen molar-refractivity contribution in [3.05, 3.63) is 60.1 Å². The normalized spacial score (nSPS) is 11.8. The van der Waals surface area contributed by atoms with Crippen LogP contribution in [-0.4, -0.2) is 11.4 Å². The molecule has 3 nitrogen and oxygen atoms in total. The number of alkyl halides is 3. The second kappa shape index (κ2) is 7.22. The smallest absolute Gasteiger partial charge is 0.446 e. The molecule has 2 aromatic rings. The molecule has 22 heavy (non-hydrogen) atoms. The molecule has 1 aromatic heterocycles. The predicted molar refractivity (Wildman–Crippen MR) is 77.9 cm³/mol. The van der Waals surface area contributed by atoms with Crippen molar-refractivity contribution in [2.45, 2.75) is 16.9 Å². The maximum Gasteiger partial charge on any atom is 0.446 e. The van der Waals surface area contributed by atoms with E-state index in [9.17, 15) is 18.0 Å². The Morgan fingerprint density at radius 1 is 1.23 bits per heavy atom. The number of thioether (sulfide) groups is 1. The van der Waals surface area contributed by atoms with Crippen molar-refractivity contribution >= 4 is 23.7 Å². The quantitative estimate of drug-likeness (QED) is 0.660. The minimum Gasteiger partial charge on any atom is -0.467 e. The molecule has 0 fully saturated rings. The van der Waals surface area contributed by atoms with E-state index in [1.54, 1.807) is 12.1 Å². The number of halogens is 3. The third-order valence-corrected chi connectivity index (χ3v) is 3.30. The van der Waals surface area contributed by atoms with Crippen LogP contribution in [0.25, 0.3) is 6.08 Å². The summed E-state index contributed by atoms with van der Waals surface area (Å²) in [5.74, 6) is 0.320. The molecule has 0 bridgehead atoms. The van der Waals surface area contributed by atoms with Crippen LogP contribution in [0.3, 0.4) is 0 Å². The maximum absolute atomic E-state index is 12.2. The summed E-state index contributed by atoms with van der Waals surface area (Å²) in [6.45, 7) is 0.275. The summed E-state index contributed by atoms with van der Waals surface area (Å²) in [7, 11) is 0. The lowest BCUT2D eigenvalue weighted by atomic mass is 10.2. The first kappa shape index (κ1) is 16.2. The lowest BCUT2D eigenvalue weighted by molar-refractivity contribution is -0.116. The predicted octanol–water partition coefficient (Wildman–Crippen LogP) is 4.22. The van der Waals surface area contributed by atoms with Crippen LogP contribution in [0.15, 0.2) is 58.1 Å². The van der Waals surface area contributed by atoms with Crippen molar-refractivity contribution in [1.82, 2.24) is 5.32 Å². The number of hydrogen-bond donors (Lipinski definition) is 1. The van der Waals surface area contributed by atoms with Gasteiger partial charge in [-0.25, -0.2) is 0 Å². The zero-order valence-electron chi connectivity index (χ0n) is 11.3. The molecule has 7 heteroatoms. The number of benzene rings is 1. The van der Waals surface area contributed by atoms with Gasteiger partial charge < -0.3 is 9.73 Å². The van der Waals surface area contributed by atoms with E-state index >= 15 is 0 Å². The monoisotopic (exact) mass is 327 g/mol. The minimum absolute atomic E-state index is 0.104. The molecule has 0 aliphatic rings.